The Morgan fingerprint density at radius 2 is 2.07 bits per heavy atom. The van der Waals surface area contributed by atoms with Gasteiger partial charge in [-0.2, -0.15) is 0 Å². The van der Waals surface area contributed by atoms with Crippen LogP contribution in [0.1, 0.15) is 13.3 Å². The minimum absolute atomic E-state index is 0.0441. The molecule has 1 atom stereocenters. The average Bonchev–Trinajstić information content (AvgIpc) is 2.09. The number of nitrogens with two attached hydrogens (primary N) is 1. The van der Waals surface area contributed by atoms with Crippen LogP contribution in [0, 0.1) is 5.41 Å². The Morgan fingerprint density at radius 1 is 1.50 bits per heavy atom. The summed E-state index contributed by atoms with van der Waals surface area (Å²) in [5.41, 5.74) is 4.33. The third-order valence-electron chi connectivity index (χ3n) is 2.27. The van der Waals surface area contributed by atoms with Crippen LogP contribution in [-0.2, 0) is 9.59 Å². The summed E-state index contributed by atoms with van der Waals surface area (Å²) >= 11 is 0. The highest BCUT2D eigenvalue weighted by molar-refractivity contribution is 5.91. The topological polar surface area (TPSA) is 101 Å². The molecule has 1 rings (SSSR count). The van der Waals surface area contributed by atoms with Gasteiger partial charge < -0.3 is 15.9 Å². The Bertz CT molecular complexity index is 356. The second-order valence-electron chi connectivity index (χ2n) is 3.47. The van der Waals surface area contributed by atoms with Crippen LogP contribution in [0.2, 0.25) is 0 Å². The van der Waals surface area contributed by atoms with E-state index in [4.69, 9.17) is 15.9 Å². The summed E-state index contributed by atoms with van der Waals surface area (Å²) in [6, 6.07) is 0. The van der Waals surface area contributed by atoms with Crippen molar-refractivity contribution >= 4 is 11.9 Å². The zero-order valence-electron chi connectivity index (χ0n) is 7.65. The van der Waals surface area contributed by atoms with Crippen molar-refractivity contribution in [2.75, 3.05) is 0 Å². The van der Waals surface area contributed by atoms with E-state index in [1.54, 1.807) is 0 Å². The van der Waals surface area contributed by atoms with E-state index in [-0.39, 0.29) is 17.7 Å². The molecule has 1 aliphatic carbocycles. The van der Waals surface area contributed by atoms with E-state index in [9.17, 15) is 9.59 Å². The molecule has 0 aromatic rings. The Kier molecular flexibility index (Phi) is 2.33. The Labute approximate surface area is 80.5 Å². The molecule has 76 valence electrons. The zero-order valence-corrected chi connectivity index (χ0v) is 7.65. The highest BCUT2D eigenvalue weighted by Crippen LogP contribution is 2.32. The van der Waals surface area contributed by atoms with E-state index in [0.717, 1.165) is 0 Å². The van der Waals surface area contributed by atoms with Crippen molar-refractivity contribution in [3.8, 4) is 0 Å². The number of carboxylic acid groups (broad SMARTS) is 2. The molecule has 4 N–H and O–H groups in total. The number of hydrogen-bond donors (Lipinski definition) is 3. The molecule has 0 bridgehead atoms. The van der Waals surface area contributed by atoms with E-state index in [1.807, 2.05) is 0 Å². The molecule has 0 fully saturated rings. The molecule has 5 heteroatoms. The molecule has 0 spiro atoms. The molecule has 5 nitrogen and oxygen atoms in total. The van der Waals surface area contributed by atoms with Crippen molar-refractivity contribution in [2.45, 2.75) is 13.3 Å². The first kappa shape index (κ1) is 10.3. The van der Waals surface area contributed by atoms with Gasteiger partial charge in [0, 0.05) is 12.1 Å². The normalized spacial score (nSPS) is 26.4. The van der Waals surface area contributed by atoms with Gasteiger partial charge in [0.15, 0.2) is 0 Å². The molecule has 0 aromatic heterocycles. The van der Waals surface area contributed by atoms with Crippen molar-refractivity contribution in [3.05, 3.63) is 23.4 Å². The summed E-state index contributed by atoms with van der Waals surface area (Å²) in [5, 5.41) is 17.6. The first-order valence-electron chi connectivity index (χ1n) is 4.01. The van der Waals surface area contributed by atoms with Crippen LogP contribution in [0.3, 0.4) is 0 Å². The standard InChI is InChI=1S/C9H11NO4/c1-9(8(13)14)3-2-6(10)5(4-9)7(11)12/h2-3H,4,10H2,1H3,(H,11,12)(H,13,14). The molecule has 14 heavy (non-hydrogen) atoms. The molecular weight excluding hydrogens is 186 g/mol. The summed E-state index contributed by atoms with van der Waals surface area (Å²) in [5.74, 6) is -2.22. The molecule has 0 heterocycles. The third-order valence-corrected chi connectivity index (χ3v) is 2.27. The monoisotopic (exact) mass is 197 g/mol. The van der Waals surface area contributed by atoms with Gasteiger partial charge in [0.25, 0.3) is 0 Å². The Hall–Kier alpha value is -1.78. The lowest BCUT2D eigenvalue weighted by atomic mass is 9.79. The average molecular weight is 197 g/mol. The summed E-state index contributed by atoms with van der Waals surface area (Å²) in [7, 11) is 0. The van der Waals surface area contributed by atoms with Crippen molar-refractivity contribution in [2.24, 2.45) is 11.1 Å². The number of allylic oxidation sites excluding steroid dienone is 1. The molecule has 0 saturated carbocycles. The molecule has 0 radical (unpaired) electrons. The molecule has 0 amide bonds. The summed E-state index contributed by atoms with van der Waals surface area (Å²) in [6.45, 7) is 1.46. The number of rotatable bonds is 2. The maximum absolute atomic E-state index is 10.8. The lowest BCUT2D eigenvalue weighted by Gasteiger charge is -2.24. The van der Waals surface area contributed by atoms with Gasteiger partial charge in [0.2, 0.25) is 0 Å². The first-order valence-corrected chi connectivity index (χ1v) is 4.01. The molecule has 0 saturated heterocycles. The van der Waals surface area contributed by atoms with Gasteiger partial charge in [0.05, 0.1) is 11.0 Å². The smallest absolute Gasteiger partial charge is 0.333 e. The van der Waals surface area contributed by atoms with Gasteiger partial charge in [-0.05, 0) is 13.0 Å². The van der Waals surface area contributed by atoms with Crippen LogP contribution in [0.15, 0.2) is 23.4 Å². The van der Waals surface area contributed by atoms with Crippen LogP contribution in [0.25, 0.3) is 0 Å². The van der Waals surface area contributed by atoms with Crippen LogP contribution >= 0.6 is 0 Å². The third kappa shape index (κ3) is 1.61. The number of hydrogen-bond acceptors (Lipinski definition) is 3. The highest BCUT2D eigenvalue weighted by atomic mass is 16.4. The second-order valence-corrected chi connectivity index (χ2v) is 3.47. The van der Waals surface area contributed by atoms with E-state index < -0.39 is 17.4 Å². The fourth-order valence-electron chi connectivity index (χ4n) is 1.25. The van der Waals surface area contributed by atoms with Crippen LogP contribution < -0.4 is 5.73 Å². The predicted octanol–water partition coefficient (Wildman–Crippen LogP) is 0.335. The van der Waals surface area contributed by atoms with Crippen molar-refractivity contribution < 1.29 is 19.8 Å². The van der Waals surface area contributed by atoms with Crippen LogP contribution in [-0.4, -0.2) is 22.2 Å². The number of carbonyl (C=O) groups is 2. The highest BCUT2D eigenvalue weighted by Gasteiger charge is 2.36. The first-order chi connectivity index (χ1) is 6.37. The van der Waals surface area contributed by atoms with E-state index >= 15 is 0 Å². The summed E-state index contributed by atoms with van der Waals surface area (Å²) in [6.07, 6.45) is 2.66. The molecular formula is C9H11NO4. The van der Waals surface area contributed by atoms with E-state index in [2.05, 4.69) is 0 Å². The lowest BCUT2D eigenvalue weighted by molar-refractivity contribution is -0.145. The maximum atomic E-state index is 10.8. The molecule has 1 aliphatic rings. The fourth-order valence-corrected chi connectivity index (χ4v) is 1.25. The quantitative estimate of drug-likeness (QED) is 0.592. The van der Waals surface area contributed by atoms with Gasteiger partial charge in [-0.3, -0.25) is 4.79 Å². The van der Waals surface area contributed by atoms with E-state index in [1.165, 1.54) is 19.1 Å². The number of carboxylic acids is 2. The lowest BCUT2D eigenvalue weighted by Crippen LogP contribution is -2.30. The SMILES string of the molecule is CC1(C(=O)O)C=CC(N)=C(C(=O)O)C1. The minimum Gasteiger partial charge on any atom is -0.481 e. The second kappa shape index (κ2) is 3.17. The van der Waals surface area contributed by atoms with Crippen LogP contribution in [0.4, 0.5) is 0 Å². The maximum Gasteiger partial charge on any atom is 0.333 e. The zero-order chi connectivity index (χ0) is 10.9. The predicted molar refractivity (Wildman–Crippen MR) is 48.3 cm³/mol. The van der Waals surface area contributed by atoms with Gasteiger partial charge in [-0.1, -0.05) is 6.08 Å². The molecule has 0 aromatic carbocycles. The fraction of sp³-hybridized carbons (Fsp3) is 0.333. The van der Waals surface area contributed by atoms with Gasteiger partial charge in [0.1, 0.15) is 0 Å². The minimum atomic E-state index is -1.17. The van der Waals surface area contributed by atoms with Crippen molar-refractivity contribution in [3.63, 3.8) is 0 Å². The molecule has 1 unspecified atom stereocenters. The van der Waals surface area contributed by atoms with E-state index in [0.29, 0.717) is 0 Å². The Balaban J connectivity index is 3.07. The van der Waals surface area contributed by atoms with Crippen molar-refractivity contribution in [1.29, 1.82) is 0 Å². The largest absolute Gasteiger partial charge is 0.481 e. The van der Waals surface area contributed by atoms with Gasteiger partial charge in [-0.15, -0.1) is 0 Å². The molecule has 0 aliphatic heterocycles. The van der Waals surface area contributed by atoms with Gasteiger partial charge in [-0.25, -0.2) is 4.79 Å². The van der Waals surface area contributed by atoms with Crippen molar-refractivity contribution in [1.82, 2.24) is 0 Å². The van der Waals surface area contributed by atoms with Gasteiger partial charge >= 0.3 is 11.9 Å². The number of aliphatic carboxylic acids is 2. The van der Waals surface area contributed by atoms with Crippen LogP contribution in [0.5, 0.6) is 0 Å². The summed E-state index contributed by atoms with van der Waals surface area (Å²) in [4.78, 5) is 21.6. The Morgan fingerprint density at radius 3 is 2.50 bits per heavy atom. The summed E-state index contributed by atoms with van der Waals surface area (Å²) < 4.78 is 0.